The molecule has 20 heteroatoms. The van der Waals surface area contributed by atoms with E-state index in [9.17, 15) is 0 Å². The highest BCUT2D eigenvalue weighted by molar-refractivity contribution is 5.63. The van der Waals surface area contributed by atoms with Crippen molar-refractivity contribution in [3.8, 4) is 44.9 Å². The Labute approximate surface area is 635 Å². The van der Waals surface area contributed by atoms with Gasteiger partial charge in [-0.25, -0.2) is 64.8 Å². The number of pyridine rings is 5. The Kier molecular flexibility index (Phi) is 41.6. The Balaban J connectivity index is 0.000000214. The molecule has 0 aliphatic rings. The summed E-state index contributed by atoms with van der Waals surface area (Å²) in [6, 6.07) is 66.2. The van der Waals surface area contributed by atoms with Crippen LogP contribution in [0.25, 0.3) is 44.9 Å². The molecule has 0 aliphatic carbocycles. The molecular formula is C88H92N20. The molecule has 0 unspecified atom stereocenters. The van der Waals surface area contributed by atoms with Crippen LogP contribution in [0.3, 0.4) is 0 Å². The van der Waals surface area contributed by atoms with Gasteiger partial charge in [-0.1, -0.05) is 146 Å². The lowest BCUT2D eigenvalue weighted by Crippen LogP contribution is -1.88. The molecule has 0 saturated carbocycles. The predicted molar refractivity (Wildman–Crippen MR) is 432 cm³/mol. The largest absolute Gasteiger partial charge is 0.265 e. The van der Waals surface area contributed by atoms with Crippen molar-refractivity contribution in [2.75, 3.05) is 0 Å². The fourth-order valence-electron chi connectivity index (χ4n) is 7.92. The molecule has 0 atom stereocenters. The number of hydrogen-bond donors (Lipinski definition) is 0. The topological polar surface area (TPSA) is 258 Å². The Morgan fingerprint density at radius 3 is 1.02 bits per heavy atom. The third-order valence-corrected chi connectivity index (χ3v) is 13.6. The number of hydrogen-bond acceptors (Lipinski definition) is 20. The lowest BCUT2D eigenvalue weighted by atomic mass is 10.1. The Morgan fingerprint density at radius 1 is 0.167 bits per heavy atom. The summed E-state index contributed by atoms with van der Waals surface area (Å²) in [4.78, 5) is 78.8. The zero-order chi connectivity index (χ0) is 77.3. The normalized spacial score (nSPS) is 9.30. The molecule has 12 heterocycles. The van der Waals surface area contributed by atoms with Crippen LogP contribution in [0.15, 0.2) is 343 Å². The molecule has 108 heavy (non-hydrogen) atoms. The molecule has 544 valence electrons. The van der Waals surface area contributed by atoms with Gasteiger partial charge in [-0.3, -0.25) is 34.9 Å². The summed E-state index contributed by atoms with van der Waals surface area (Å²) < 4.78 is 0. The fourth-order valence-corrected chi connectivity index (χ4v) is 7.92. The van der Waals surface area contributed by atoms with Gasteiger partial charge in [-0.05, 0) is 177 Å². The number of nitrogens with zero attached hydrogens (tertiary/aromatic N) is 20. The second-order valence-corrected chi connectivity index (χ2v) is 23.1. The molecule has 0 aliphatic heterocycles. The molecule has 0 saturated heterocycles. The van der Waals surface area contributed by atoms with E-state index in [0.29, 0.717) is 0 Å². The predicted octanol–water partition coefficient (Wildman–Crippen LogP) is 18.5. The number of aryl methyl sites for hydroxylation is 12. The molecule has 0 radical (unpaired) electrons. The van der Waals surface area contributed by atoms with E-state index in [1.54, 1.807) is 80.4 Å². The molecular weight excluding hydrogens is 1340 g/mol. The van der Waals surface area contributed by atoms with Gasteiger partial charge >= 0.3 is 0 Å². The fraction of sp³-hybridized carbons (Fsp3) is 0.136. The smallest absolute Gasteiger partial charge is 0.159 e. The molecule has 0 spiro atoms. The van der Waals surface area contributed by atoms with Crippen LogP contribution in [0.2, 0.25) is 0 Å². The Morgan fingerprint density at radius 2 is 0.639 bits per heavy atom. The number of aromatic nitrogens is 20. The molecule has 0 fully saturated rings. The summed E-state index contributed by atoms with van der Waals surface area (Å²) in [5.74, 6) is 3.17. The molecule has 4 aromatic carbocycles. The van der Waals surface area contributed by atoms with E-state index in [-0.39, 0.29) is 0 Å². The zero-order valence-corrected chi connectivity index (χ0v) is 63.3. The zero-order valence-electron chi connectivity index (χ0n) is 63.3. The van der Waals surface area contributed by atoms with E-state index in [2.05, 4.69) is 136 Å². The average molecular weight is 1430 g/mol. The van der Waals surface area contributed by atoms with E-state index >= 15 is 0 Å². The van der Waals surface area contributed by atoms with Crippen molar-refractivity contribution in [2.45, 2.75) is 83.1 Å². The molecule has 20 nitrogen and oxygen atoms in total. The standard InChI is InChI=1S/2C12H11N.2C11H10N2.3C6H7N.4C5H6N2.C4H5N3/c1-10-7-8-12(9-13-10)11-5-3-2-4-6-11;1-10-7-8-12(13-9-10)11-5-3-2-4-6-11;1-9-12-7-11(8-13-9)10-5-3-2-4-6-10;1-9-7-12-11(13-8-9)10-5-3-2-4-6-10;1-6-2-4-7-5-3-6;1-6-3-2-4-7-5-6;1-6-4-2-3-5-7-6;1-5-2-6-4-7-3-5;1-5-4-6-2-3-7-5;1-5-2-3-6-4-7-5;1-5-6-3-2-4-7-5;1-4-6-2-5-3-7-4/h2*2-9H,1H3;2*2-8H,1H3;3*2-5H,1H3;4*2-4H,1H3;2-3H,1H3. The van der Waals surface area contributed by atoms with Gasteiger partial charge in [0, 0.05) is 157 Å². The maximum absolute atomic E-state index is 4.35. The van der Waals surface area contributed by atoms with Gasteiger partial charge in [0.1, 0.15) is 42.8 Å². The van der Waals surface area contributed by atoms with Gasteiger partial charge in [0.25, 0.3) is 0 Å². The van der Waals surface area contributed by atoms with E-state index in [1.807, 2.05) is 284 Å². The van der Waals surface area contributed by atoms with Crippen molar-refractivity contribution in [3.05, 3.63) is 411 Å². The number of benzene rings is 4. The third kappa shape index (κ3) is 40.1. The van der Waals surface area contributed by atoms with Crippen molar-refractivity contribution in [2.24, 2.45) is 0 Å². The van der Waals surface area contributed by atoms with Crippen LogP contribution in [0, 0.1) is 83.1 Å². The van der Waals surface area contributed by atoms with E-state index in [1.165, 1.54) is 58.7 Å². The first kappa shape index (κ1) is 84.8. The van der Waals surface area contributed by atoms with Crippen LogP contribution < -0.4 is 0 Å². The molecule has 16 aromatic rings. The van der Waals surface area contributed by atoms with Crippen molar-refractivity contribution in [1.82, 2.24) is 99.7 Å². The lowest BCUT2D eigenvalue weighted by molar-refractivity contribution is 0.974. The minimum atomic E-state index is 0.759. The van der Waals surface area contributed by atoms with Crippen LogP contribution in [0.1, 0.15) is 68.1 Å². The molecule has 0 N–H and O–H groups in total. The van der Waals surface area contributed by atoms with Gasteiger partial charge in [-0.15, -0.1) is 0 Å². The minimum Gasteiger partial charge on any atom is -0.265 e. The van der Waals surface area contributed by atoms with Crippen molar-refractivity contribution >= 4 is 0 Å². The van der Waals surface area contributed by atoms with Crippen molar-refractivity contribution in [3.63, 3.8) is 0 Å². The van der Waals surface area contributed by atoms with Gasteiger partial charge < -0.3 is 0 Å². The van der Waals surface area contributed by atoms with Gasteiger partial charge in [0.15, 0.2) is 5.82 Å². The highest BCUT2D eigenvalue weighted by atomic mass is 15.0. The molecule has 0 bridgehead atoms. The van der Waals surface area contributed by atoms with Crippen LogP contribution in [0.5, 0.6) is 0 Å². The van der Waals surface area contributed by atoms with Gasteiger partial charge in [0.05, 0.1) is 11.4 Å². The highest BCUT2D eigenvalue weighted by Gasteiger charge is 2.00. The number of rotatable bonds is 4. The Bertz CT molecular complexity index is 3990. The summed E-state index contributed by atoms with van der Waals surface area (Å²) in [6.45, 7) is 23.4. The van der Waals surface area contributed by atoms with E-state index < -0.39 is 0 Å². The second kappa shape index (κ2) is 53.0. The van der Waals surface area contributed by atoms with Gasteiger partial charge in [-0.2, -0.15) is 0 Å². The first-order chi connectivity index (χ1) is 52.6. The third-order valence-electron chi connectivity index (χ3n) is 13.6. The summed E-state index contributed by atoms with van der Waals surface area (Å²) >= 11 is 0. The quantitative estimate of drug-likeness (QED) is 0.159. The first-order valence-electron chi connectivity index (χ1n) is 34.3. The highest BCUT2D eigenvalue weighted by Crippen LogP contribution is 2.19. The lowest BCUT2D eigenvalue weighted by Gasteiger charge is -2.00. The van der Waals surface area contributed by atoms with Crippen LogP contribution in [0.4, 0.5) is 0 Å². The van der Waals surface area contributed by atoms with Crippen molar-refractivity contribution in [1.29, 1.82) is 0 Å². The molecule has 16 rings (SSSR count). The maximum atomic E-state index is 4.35. The molecule has 12 aromatic heterocycles. The average Bonchev–Trinajstić information content (AvgIpc) is 0.891. The Hall–Kier alpha value is -13.9. The minimum absolute atomic E-state index is 0.759. The first-order valence-corrected chi connectivity index (χ1v) is 34.3. The van der Waals surface area contributed by atoms with Crippen LogP contribution in [-0.4, -0.2) is 99.7 Å². The van der Waals surface area contributed by atoms with Gasteiger partial charge in [0.2, 0.25) is 0 Å². The summed E-state index contributed by atoms with van der Waals surface area (Å²) in [5.41, 5.74) is 17.8. The monoisotopic (exact) mass is 1430 g/mol. The van der Waals surface area contributed by atoms with Crippen LogP contribution in [-0.2, 0) is 0 Å². The van der Waals surface area contributed by atoms with E-state index in [0.717, 1.165) is 79.6 Å². The second-order valence-electron chi connectivity index (χ2n) is 23.1. The maximum Gasteiger partial charge on any atom is 0.159 e. The SMILES string of the molecule is Cc1ccc(-c2ccccc2)cn1.Cc1ccc(-c2ccccc2)nc1.Cc1ccccn1.Cc1cccnc1.Cc1ccncc1.Cc1ccncn1.Cc1cnc(-c2ccccc2)nc1.Cc1cnccn1.Cc1cncnc1.Cc1ncc(-c2ccccc2)cn1.Cc1ncccn1.Cc1ncncn1. The molecule has 0 amide bonds. The summed E-state index contributed by atoms with van der Waals surface area (Å²) in [7, 11) is 0. The van der Waals surface area contributed by atoms with E-state index in [4.69, 9.17) is 0 Å². The van der Waals surface area contributed by atoms with Crippen LogP contribution >= 0.6 is 0 Å². The summed E-state index contributed by atoms with van der Waals surface area (Å²) in [5, 5.41) is 0. The van der Waals surface area contributed by atoms with Crippen molar-refractivity contribution < 1.29 is 0 Å². The summed E-state index contributed by atoms with van der Waals surface area (Å²) in [6.07, 6.45) is 39.9.